The van der Waals surface area contributed by atoms with Gasteiger partial charge in [0.15, 0.2) is 11.7 Å². The average Bonchev–Trinajstić information content (AvgIpc) is 3.48. The molecule has 1 fully saturated rings. The molecule has 1 aliphatic rings. The number of benzene rings is 2. The first kappa shape index (κ1) is 21.1. The Morgan fingerprint density at radius 2 is 1.65 bits per heavy atom. The van der Waals surface area contributed by atoms with Gasteiger partial charge in [-0.25, -0.2) is 4.98 Å². The van der Waals surface area contributed by atoms with Crippen LogP contribution in [0.4, 0.5) is 0 Å². The van der Waals surface area contributed by atoms with Crippen LogP contribution in [-0.2, 0) is 19.6 Å². The lowest BCUT2D eigenvalue weighted by molar-refractivity contribution is 0.331. The van der Waals surface area contributed by atoms with Crippen molar-refractivity contribution < 1.29 is 4.42 Å². The first-order valence-electron chi connectivity index (χ1n) is 11.0. The van der Waals surface area contributed by atoms with Gasteiger partial charge in [-0.3, -0.25) is 9.89 Å². The zero-order chi connectivity index (χ0) is 21.5. The summed E-state index contributed by atoms with van der Waals surface area (Å²) in [4.78, 5) is 11.2. The molecule has 1 saturated heterocycles. The quantitative estimate of drug-likeness (QED) is 0.447. The first-order valence-corrected chi connectivity index (χ1v) is 11.0. The lowest BCUT2D eigenvalue weighted by atomic mass is 10.1. The Labute approximate surface area is 184 Å². The molecule has 0 spiro atoms. The Bertz CT molecular complexity index is 986. The van der Waals surface area contributed by atoms with E-state index in [1.165, 1.54) is 42.6 Å². The topological polar surface area (TPSA) is 65.7 Å². The summed E-state index contributed by atoms with van der Waals surface area (Å²) in [5.41, 5.74) is 4.86. The predicted molar refractivity (Wildman–Crippen MR) is 125 cm³/mol. The minimum Gasteiger partial charge on any atom is -0.439 e. The van der Waals surface area contributed by atoms with Gasteiger partial charge in [-0.15, -0.1) is 0 Å². The molecule has 0 bridgehead atoms. The molecule has 0 radical (unpaired) electrons. The van der Waals surface area contributed by atoms with Crippen molar-refractivity contribution in [3.05, 3.63) is 77.3 Å². The number of hydrogen-bond acceptors (Lipinski definition) is 4. The summed E-state index contributed by atoms with van der Waals surface area (Å²) >= 11 is 0. The molecule has 162 valence electrons. The molecule has 2 N–H and O–H groups in total. The molecule has 0 amide bonds. The van der Waals surface area contributed by atoms with E-state index in [-0.39, 0.29) is 0 Å². The van der Waals surface area contributed by atoms with Gasteiger partial charge in [0.2, 0.25) is 5.89 Å². The maximum Gasteiger partial charge on any atom is 0.214 e. The second kappa shape index (κ2) is 10.3. The Hall–Kier alpha value is -3.12. The van der Waals surface area contributed by atoms with Gasteiger partial charge >= 0.3 is 0 Å². The normalized spacial score (nSPS) is 14.7. The van der Waals surface area contributed by atoms with Crippen LogP contribution >= 0.6 is 0 Å². The first-order chi connectivity index (χ1) is 15.2. The lowest BCUT2D eigenvalue weighted by Crippen LogP contribution is -2.36. The number of aliphatic imine (C=N–C) groups is 1. The standard InChI is InChI=1S/C25H31N5O/c1-19-5-11-22(12-6-19)23-16-27-24(31-23)17-29-25(26-2)28-15-20-7-9-21(10-8-20)18-30-13-3-4-14-30/h5-12,16H,3-4,13-15,17-18H2,1-2H3,(H2,26,28,29). The van der Waals surface area contributed by atoms with Gasteiger partial charge in [0, 0.05) is 25.7 Å². The number of aromatic nitrogens is 1. The summed E-state index contributed by atoms with van der Waals surface area (Å²) in [5, 5.41) is 6.62. The van der Waals surface area contributed by atoms with E-state index in [1.807, 2.05) is 12.1 Å². The molecule has 3 aromatic rings. The van der Waals surface area contributed by atoms with E-state index in [0.29, 0.717) is 19.0 Å². The van der Waals surface area contributed by atoms with Crippen LogP contribution < -0.4 is 10.6 Å². The summed E-state index contributed by atoms with van der Waals surface area (Å²) in [6.45, 7) is 6.76. The maximum absolute atomic E-state index is 5.87. The van der Waals surface area contributed by atoms with E-state index in [1.54, 1.807) is 13.2 Å². The van der Waals surface area contributed by atoms with Crippen molar-refractivity contribution in [3.8, 4) is 11.3 Å². The second-order valence-corrected chi connectivity index (χ2v) is 8.06. The maximum atomic E-state index is 5.87. The average molecular weight is 418 g/mol. The third-order valence-corrected chi connectivity index (χ3v) is 5.61. The fourth-order valence-electron chi connectivity index (χ4n) is 3.77. The lowest BCUT2D eigenvalue weighted by Gasteiger charge is -2.15. The molecule has 0 unspecified atom stereocenters. The Kier molecular flexibility index (Phi) is 6.99. The van der Waals surface area contributed by atoms with Crippen LogP contribution in [0.2, 0.25) is 0 Å². The molecule has 6 nitrogen and oxygen atoms in total. The van der Waals surface area contributed by atoms with Crippen LogP contribution in [0.5, 0.6) is 0 Å². The van der Waals surface area contributed by atoms with Crippen molar-refractivity contribution in [3.63, 3.8) is 0 Å². The highest BCUT2D eigenvalue weighted by Gasteiger charge is 2.11. The number of likely N-dealkylation sites (tertiary alicyclic amines) is 1. The van der Waals surface area contributed by atoms with Crippen LogP contribution in [0.1, 0.15) is 35.4 Å². The number of guanidine groups is 1. The number of oxazole rings is 1. The molecule has 0 aliphatic carbocycles. The molecule has 1 aromatic heterocycles. The molecule has 0 saturated carbocycles. The largest absolute Gasteiger partial charge is 0.439 e. The predicted octanol–water partition coefficient (Wildman–Crippen LogP) is 4.11. The van der Waals surface area contributed by atoms with E-state index in [9.17, 15) is 0 Å². The highest BCUT2D eigenvalue weighted by atomic mass is 16.4. The number of rotatable bonds is 7. The summed E-state index contributed by atoms with van der Waals surface area (Å²) in [5.74, 6) is 2.12. The Morgan fingerprint density at radius 3 is 2.35 bits per heavy atom. The highest BCUT2D eigenvalue weighted by Crippen LogP contribution is 2.20. The van der Waals surface area contributed by atoms with Gasteiger partial charge in [-0.2, -0.15) is 0 Å². The van der Waals surface area contributed by atoms with Crippen LogP contribution in [0, 0.1) is 6.92 Å². The molecule has 2 aromatic carbocycles. The van der Waals surface area contributed by atoms with Crippen LogP contribution in [0.25, 0.3) is 11.3 Å². The number of nitrogens with one attached hydrogen (secondary N) is 2. The molecular weight excluding hydrogens is 386 g/mol. The van der Waals surface area contributed by atoms with Crippen LogP contribution in [-0.4, -0.2) is 36.0 Å². The van der Waals surface area contributed by atoms with Gasteiger partial charge in [0.05, 0.1) is 12.7 Å². The van der Waals surface area contributed by atoms with Crippen molar-refractivity contribution in [2.45, 2.75) is 39.4 Å². The van der Waals surface area contributed by atoms with Crippen molar-refractivity contribution in [1.29, 1.82) is 0 Å². The third kappa shape index (κ3) is 5.95. The van der Waals surface area contributed by atoms with Gasteiger partial charge in [0.25, 0.3) is 0 Å². The molecule has 4 rings (SSSR count). The highest BCUT2D eigenvalue weighted by molar-refractivity contribution is 5.79. The molecule has 2 heterocycles. The minimum absolute atomic E-state index is 0.473. The Balaban J connectivity index is 1.25. The van der Waals surface area contributed by atoms with Gasteiger partial charge in [-0.1, -0.05) is 54.1 Å². The Morgan fingerprint density at radius 1 is 0.968 bits per heavy atom. The number of hydrogen-bond donors (Lipinski definition) is 2. The van der Waals surface area contributed by atoms with E-state index in [2.05, 4.69) is 68.8 Å². The summed E-state index contributed by atoms with van der Waals surface area (Å²) in [6.07, 6.45) is 4.42. The van der Waals surface area contributed by atoms with E-state index in [4.69, 9.17) is 4.42 Å². The summed E-state index contributed by atoms with van der Waals surface area (Å²) < 4.78 is 5.87. The second-order valence-electron chi connectivity index (χ2n) is 8.06. The van der Waals surface area contributed by atoms with Crippen molar-refractivity contribution in [2.75, 3.05) is 20.1 Å². The van der Waals surface area contributed by atoms with E-state index < -0.39 is 0 Å². The van der Waals surface area contributed by atoms with Crippen molar-refractivity contribution in [2.24, 2.45) is 4.99 Å². The molecule has 6 heteroatoms. The summed E-state index contributed by atoms with van der Waals surface area (Å²) in [6, 6.07) is 17.1. The van der Waals surface area contributed by atoms with Crippen molar-refractivity contribution in [1.82, 2.24) is 20.5 Å². The molecule has 1 aliphatic heterocycles. The number of aryl methyl sites for hydroxylation is 1. The fraction of sp³-hybridized carbons (Fsp3) is 0.360. The van der Waals surface area contributed by atoms with Gasteiger partial charge in [0.1, 0.15) is 0 Å². The zero-order valence-electron chi connectivity index (χ0n) is 18.4. The molecular formula is C25H31N5O. The molecule has 0 atom stereocenters. The van der Waals surface area contributed by atoms with E-state index >= 15 is 0 Å². The van der Waals surface area contributed by atoms with Gasteiger partial charge in [-0.05, 0) is 44.0 Å². The smallest absolute Gasteiger partial charge is 0.214 e. The van der Waals surface area contributed by atoms with Crippen molar-refractivity contribution >= 4 is 5.96 Å². The number of nitrogens with zero attached hydrogens (tertiary/aromatic N) is 3. The SMILES string of the molecule is CN=C(NCc1ccc(CN2CCCC2)cc1)NCc1ncc(-c2ccc(C)cc2)o1. The van der Waals surface area contributed by atoms with Crippen LogP contribution in [0.3, 0.4) is 0 Å². The third-order valence-electron chi connectivity index (χ3n) is 5.61. The zero-order valence-corrected chi connectivity index (χ0v) is 18.4. The van der Waals surface area contributed by atoms with E-state index in [0.717, 1.165) is 23.8 Å². The molecule has 31 heavy (non-hydrogen) atoms. The fourth-order valence-corrected chi connectivity index (χ4v) is 3.77. The monoisotopic (exact) mass is 417 g/mol. The van der Waals surface area contributed by atoms with Gasteiger partial charge < -0.3 is 15.1 Å². The summed E-state index contributed by atoms with van der Waals surface area (Å²) in [7, 11) is 1.77. The minimum atomic E-state index is 0.473. The van der Waals surface area contributed by atoms with Crippen LogP contribution in [0.15, 0.2) is 64.1 Å².